The van der Waals surface area contributed by atoms with Gasteiger partial charge in [-0.05, 0) is 24.6 Å². The van der Waals surface area contributed by atoms with Crippen LogP contribution in [0.2, 0.25) is 0 Å². The van der Waals surface area contributed by atoms with E-state index in [9.17, 15) is 9.18 Å². The van der Waals surface area contributed by atoms with Gasteiger partial charge in [0.25, 0.3) is 0 Å². The predicted octanol–water partition coefficient (Wildman–Crippen LogP) is 1.19. The zero-order valence-corrected chi connectivity index (χ0v) is 10.7. The Kier molecular flexibility index (Phi) is 2.74. The maximum Gasteiger partial charge on any atom is 0.248 e. The molecule has 6 nitrogen and oxygen atoms in total. The number of carbonyl (C=O) groups is 1. The van der Waals surface area contributed by atoms with Crippen LogP contribution in [-0.2, 0) is 4.79 Å². The monoisotopic (exact) mass is 273 g/mol. The Morgan fingerprint density at radius 3 is 2.75 bits per heavy atom. The fourth-order valence-electron chi connectivity index (χ4n) is 2.36. The molecule has 1 aliphatic heterocycles. The number of hydrogen-bond donors (Lipinski definition) is 2. The van der Waals surface area contributed by atoms with Gasteiger partial charge >= 0.3 is 0 Å². The molecule has 0 saturated carbocycles. The summed E-state index contributed by atoms with van der Waals surface area (Å²) in [6.07, 6.45) is 1.38. The summed E-state index contributed by atoms with van der Waals surface area (Å²) in [5.41, 5.74) is 7.19. The van der Waals surface area contributed by atoms with E-state index in [1.54, 1.807) is 23.7 Å². The van der Waals surface area contributed by atoms with Gasteiger partial charge in [0.05, 0.1) is 5.57 Å². The van der Waals surface area contributed by atoms with E-state index < -0.39 is 11.9 Å². The average molecular weight is 273 g/mol. The number of halogens is 1. The van der Waals surface area contributed by atoms with Crippen LogP contribution in [0, 0.1) is 5.82 Å². The molecule has 0 fully saturated rings. The first-order valence-corrected chi connectivity index (χ1v) is 6.00. The van der Waals surface area contributed by atoms with Crippen molar-refractivity contribution in [3.63, 3.8) is 0 Å². The van der Waals surface area contributed by atoms with Crippen molar-refractivity contribution in [1.82, 2.24) is 14.8 Å². The van der Waals surface area contributed by atoms with Gasteiger partial charge in [0.15, 0.2) is 0 Å². The molecule has 2 aromatic rings. The van der Waals surface area contributed by atoms with Crippen molar-refractivity contribution in [3.05, 3.63) is 53.2 Å². The number of nitrogens with one attached hydrogen (secondary N) is 1. The first kappa shape index (κ1) is 12.3. The Balaban J connectivity index is 2.19. The van der Waals surface area contributed by atoms with Crippen LogP contribution in [-0.4, -0.2) is 20.7 Å². The minimum Gasteiger partial charge on any atom is -0.366 e. The number of anilines is 1. The third-order valence-corrected chi connectivity index (χ3v) is 3.25. The molecular weight excluding hydrogens is 261 g/mol. The molecule has 0 spiro atoms. The summed E-state index contributed by atoms with van der Waals surface area (Å²) in [5.74, 6) is -0.380. The Morgan fingerprint density at radius 1 is 1.40 bits per heavy atom. The van der Waals surface area contributed by atoms with Crippen molar-refractivity contribution in [2.45, 2.75) is 13.0 Å². The fourth-order valence-corrected chi connectivity index (χ4v) is 2.36. The second kappa shape index (κ2) is 4.44. The number of carbonyl (C=O) groups excluding carboxylic acids is 1. The molecule has 7 heteroatoms. The summed E-state index contributed by atoms with van der Waals surface area (Å²) < 4.78 is 14.6. The van der Waals surface area contributed by atoms with Crippen LogP contribution >= 0.6 is 0 Å². The van der Waals surface area contributed by atoms with Gasteiger partial charge in [-0.25, -0.2) is 9.07 Å². The molecule has 102 valence electrons. The molecule has 0 aliphatic carbocycles. The van der Waals surface area contributed by atoms with Crippen LogP contribution in [0.25, 0.3) is 0 Å². The number of hydrogen-bond acceptors (Lipinski definition) is 4. The van der Waals surface area contributed by atoms with Gasteiger partial charge in [-0.2, -0.15) is 10.1 Å². The molecule has 0 saturated heterocycles. The molecule has 0 bridgehead atoms. The third-order valence-electron chi connectivity index (χ3n) is 3.25. The van der Waals surface area contributed by atoms with E-state index in [1.165, 1.54) is 18.5 Å². The number of benzene rings is 1. The number of nitrogens with two attached hydrogens (primary N) is 1. The molecule has 3 N–H and O–H groups in total. The lowest BCUT2D eigenvalue weighted by Crippen LogP contribution is -2.31. The topological polar surface area (TPSA) is 85.8 Å². The van der Waals surface area contributed by atoms with E-state index >= 15 is 0 Å². The van der Waals surface area contributed by atoms with Gasteiger partial charge in [-0.3, -0.25) is 4.79 Å². The minimum absolute atomic E-state index is 0.345. The summed E-state index contributed by atoms with van der Waals surface area (Å²) in [6, 6.07) is 5.37. The number of primary amides is 1. The van der Waals surface area contributed by atoms with Crippen LogP contribution in [0.3, 0.4) is 0 Å². The van der Waals surface area contributed by atoms with Crippen molar-refractivity contribution < 1.29 is 9.18 Å². The summed E-state index contributed by atoms with van der Waals surface area (Å²) >= 11 is 0. The number of rotatable bonds is 2. The zero-order valence-electron chi connectivity index (χ0n) is 10.7. The maximum absolute atomic E-state index is 13.1. The van der Waals surface area contributed by atoms with Gasteiger partial charge in [-0.15, -0.1) is 0 Å². The highest BCUT2D eigenvalue weighted by Gasteiger charge is 2.31. The van der Waals surface area contributed by atoms with Crippen molar-refractivity contribution >= 4 is 11.9 Å². The normalized spacial score (nSPS) is 17.6. The summed E-state index contributed by atoms with van der Waals surface area (Å²) in [7, 11) is 0. The quantitative estimate of drug-likeness (QED) is 0.860. The van der Waals surface area contributed by atoms with Crippen molar-refractivity contribution in [1.29, 1.82) is 0 Å². The largest absolute Gasteiger partial charge is 0.366 e. The highest BCUT2D eigenvalue weighted by Crippen LogP contribution is 2.34. The number of aromatic nitrogens is 3. The van der Waals surface area contributed by atoms with Gasteiger partial charge in [0.2, 0.25) is 11.9 Å². The zero-order chi connectivity index (χ0) is 14.3. The minimum atomic E-state index is -0.550. The molecule has 1 amide bonds. The van der Waals surface area contributed by atoms with Crippen LogP contribution in [0.1, 0.15) is 18.5 Å². The first-order valence-electron chi connectivity index (χ1n) is 6.00. The SMILES string of the molecule is CC1=C(C(N)=O)[C@H](c2ccc(F)cc2)n2ncnc2N1. The number of amides is 1. The molecule has 1 aromatic heterocycles. The second-order valence-electron chi connectivity index (χ2n) is 4.51. The third kappa shape index (κ3) is 1.83. The lowest BCUT2D eigenvalue weighted by molar-refractivity contribution is -0.115. The Labute approximate surface area is 114 Å². The molecule has 1 aromatic carbocycles. The summed E-state index contributed by atoms with van der Waals surface area (Å²) in [5, 5.41) is 7.09. The van der Waals surface area contributed by atoms with Crippen molar-refractivity contribution in [3.8, 4) is 0 Å². The molecule has 2 heterocycles. The van der Waals surface area contributed by atoms with Gasteiger partial charge in [0, 0.05) is 5.70 Å². The average Bonchev–Trinajstić information content (AvgIpc) is 2.85. The Morgan fingerprint density at radius 2 is 2.10 bits per heavy atom. The number of allylic oxidation sites excluding steroid dienone is 1. The highest BCUT2D eigenvalue weighted by atomic mass is 19.1. The first-order chi connectivity index (χ1) is 9.58. The van der Waals surface area contributed by atoms with Crippen LogP contribution in [0.15, 0.2) is 41.9 Å². The van der Waals surface area contributed by atoms with Crippen LogP contribution in [0.5, 0.6) is 0 Å². The van der Waals surface area contributed by atoms with Crippen molar-refractivity contribution in [2.75, 3.05) is 5.32 Å². The van der Waals surface area contributed by atoms with Crippen LogP contribution in [0.4, 0.5) is 10.3 Å². The molecule has 3 rings (SSSR count). The van der Waals surface area contributed by atoms with E-state index in [1.807, 2.05) is 0 Å². The summed E-state index contributed by atoms with van der Waals surface area (Å²) in [6.45, 7) is 1.74. The van der Waals surface area contributed by atoms with Crippen LogP contribution < -0.4 is 11.1 Å². The molecule has 0 radical (unpaired) electrons. The molecule has 20 heavy (non-hydrogen) atoms. The maximum atomic E-state index is 13.1. The van der Waals surface area contributed by atoms with Gasteiger partial charge < -0.3 is 11.1 Å². The lowest BCUT2D eigenvalue weighted by atomic mass is 9.95. The van der Waals surface area contributed by atoms with E-state index in [0.29, 0.717) is 22.8 Å². The predicted molar refractivity (Wildman–Crippen MR) is 70.1 cm³/mol. The standard InChI is InChI=1S/C13H12FN5O/c1-7-10(12(15)20)11(8-2-4-9(14)5-3-8)19-13(18-7)16-6-17-19/h2-6,11H,1H3,(H2,15,20)(H,16,17,18)/t11-/m0/s1. The lowest BCUT2D eigenvalue weighted by Gasteiger charge is -2.27. The van der Waals surface area contributed by atoms with E-state index in [2.05, 4.69) is 15.4 Å². The summed E-state index contributed by atoms with van der Waals surface area (Å²) in [4.78, 5) is 15.8. The van der Waals surface area contributed by atoms with E-state index in [-0.39, 0.29) is 5.82 Å². The molecule has 1 atom stereocenters. The Bertz CT molecular complexity index is 704. The van der Waals surface area contributed by atoms with E-state index in [4.69, 9.17) is 5.73 Å². The van der Waals surface area contributed by atoms with Gasteiger partial charge in [-0.1, -0.05) is 12.1 Å². The smallest absolute Gasteiger partial charge is 0.248 e. The van der Waals surface area contributed by atoms with Gasteiger partial charge in [0.1, 0.15) is 18.2 Å². The number of fused-ring (bicyclic) bond motifs is 1. The molecule has 1 aliphatic rings. The molecular formula is C13H12FN5O. The number of nitrogens with zero attached hydrogens (tertiary/aromatic N) is 3. The fraction of sp³-hybridized carbons (Fsp3) is 0.154. The second-order valence-corrected chi connectivity index (χ2v) is 4.51. The molecule has 0 unspecified atom stereocenters. The van der Waals surface area contributed by atoms with Crippen molar-refractivity contribution in [2.24, 2.45) is 5.73 Å². The Hall–Kier alpha value is -2.70. The van der Waals surface area contributed by atoms with E-state index in [0.717, 1.165) is 0 Å². The highest BCUT2D eigenvalue weighted by molar-refractivity contribution is 5.95.